The number of benzene rings is 1. The van der Waals surface area contributed by atoms with Crippen LogP contribution in [0.1, 0.15) is 88.7 Å². The Morgan fingerprint density at radius 2 is 1.52 bits per heavy atom. The number of hydrogen-bond donors (Lipinski definition) is 1. The van der Waals surface area contributed by atoms with Crippen molar-refractivity contribution in [3.05, 3.63) is 28.8 Å². The van der Waals surface area contributed by atoms with Crippen LogP contribution in [0, 0.1) is 35.3 Å². The van der Waals surface area contributed by atoms with Gasteiger partial charge in [0, 0.05) is 5.56 Å². The first kappa shape index (κ1) is 21.1. The van der Waals surface area contributed by atoms with Gasteiger partial charge in [-0.2, -0.15) is 4.39 Å². The highest BCUT2D eigenvalue weighted by Gasteiger charge is 2.36. The largest absolute Gasteiger partial charge is 0.487 e. The van der Waals surface area contributed by atoms with E-state index >= 15 is 0 Å². The van der Waals surface area contributed by atoms with E-state index in [0.29, 0.717) is 17.9 Å². The summed E-state index contributed by atoms with van der Waals surface area (Å²) in [6, 6.07) is 1.57. The van der Waals surface area contributed by atoms with Gasteiger partial charge in [0.1, 0.15) is 6.10 Å². The number of rotatable bonds is 5. The first-order valence-corrected chi connectivity index (χ1v) is 11.9. The van der Waals surface area contributed by atoms with Crippen LogP contribution in [0.4, 0.5) is 8.78 Å². The summed E-state index contributed by atoms with van der Waals surface area (Å²) < 4.78 is 34.5. The minimum absolute atomic E-state index is 0.00221. The van der Waals surface area contributed by atoms with Crippen LogP contribution in [0.15, 0.2) is 6.07 Å². The van der Waals surface area contributed by atoms with Crippen molar-refractivity contribution in [1.82, 2.24) is 0 Å². The maximum atomic E-state index is 14.5. The lowest BCUT2D eigenvalue weighted by Crippen LogP contribution is -2.35. The lowest BCUT2D eigenvalue weighted by Gasteiger charge is -2.40. The second-order valence-electron chi connectivity index (χ2n) is 9.75. The zero-order chi connectivity index (χ0) is 20.4. The molecule has 0 saturated heterocycles. The molecule has 2 aliphatic carbocycles. The third-order valence-corrected chi connectivity index (χ3v) is 8.05. The predicted octanol–water partition coefficient (Wildman–Crippen LogP) is 6.56. The van der Waals surface area contributed by atoms with Crippen molar-refractivity contribution in [2.75, 3.05) is 0 Å². The average Bonchev–Trinajstić information content (AvgIpc) is 2.77. The Balaban J connectivity index is 1.32. The van der Waals surface area contributed by atoms with E-state index in [1.807, 2.05) is 0 Å². The van der Waals surface area contributed by atoms with Crippen molar-refractivity contribution in [3.63, 3.8) is 0 Å². The van der Waals surface area contributed by atoms with Gasteiger partial charge < -0.3 is 9.84 Å². The van der Waals surface area contributed by atoms with Crippen LogP contribution in [0.25, 0.3) is 0 Å². The van der Waals surface area contributed by atoms with Crippen LogP contribution in [0.2, 0.25) is 0 Å². The molecule has 2 fully saturated rings. The van der Waals surface area contributed by atoms with Gasteiger partial charge in [0.05, 0.1) is 6.61 Å². The quantitative estimate of drug-likeness (QED) is 0.600. The second-order valence-corrected chi connectivity index (χ2v) is 9.75. The molecule has 0 aromatic heterocycles. The Morgan fingerprint density at radius 1 is 0.897 bits per heavy atom. The average molecular weight is 407 g/mol. The van der Waals surface area contributed by atoms with E-state index in [0.717, 1.165) is 37.0 Å². The summed E-state index contributed by atoms with van der Waals surface area (Å²) in [7, 11) is 0. The van der Waals surface area contributed by atoms with Gasteiger partial charge in [-0.05, 0) is 86.7 Å². The molecule has 0 radical (unpaired) electrons. The molecule has 1 unspecified atom stereocenters. The number of hydrogen-bond acceptors (Lipinski definition) is 2. The fraction of sp³-hybridized carbons (Fsp3) is 0.760. The maximum absolute atomic E-state index is 14.5. The van der Waals surface area contributed by atoms with Gasteiger partial charge in [-0.1, -0.05) is 32.6 Å². The van der Waals surface area contributed by atoms with Gasteiger partial charge in [0.2, 0.25) is 5.82 Å². The lowest BCUT2D eigenvalue weighted by atomic mass is 9.67. The fourth-order valence-corrected chi connectivity index (χ4v) is 6.33. The smallest absolute Gasteiger partial charge is 0.201 e. The third-order valence-electron chi connectivity index (χ3n) is 8.05. The summed E-state index contributed by atoms with van der Waals surface area (Å²) in [6.07, 6.45) is 14.8. The summed E-state index contributed by atoms with van der Waals surface area (Å²) in [4.78, 5) is 0. The molecule has 162 valence electrons. The van der Waals surface area contributed by atoms with Gasteiger partial charge in [0.15, 0.2) is 11.6 Å². The molecule has 1 aromatic carbocycles. The maximum Gasteiger partial charge on any atom is 0.201 e. The Labute approximate surface area is 174 Å². The molecule has 29 heavy (non-hydrogen) atoms. The van der Waals surface area contributed by atoms with Gasteiger partial charge in [-0.15, -0.1) is 0 Å². The number of aliphatic hydroxyl groups is 1. The Hall–Kier alpha value is -1.16. The highest BCUT2D eigenvalue weighted by atomic mass is 19.2. The van der Waals surface area contributed by atoms with Crippen molar-refractivity contribution in [2.24, 2.45) is 23.7 Å². The minimum atomic E-state index is -0.964. The molecule has 1 atom stereocenters. The molecule has 4 rings (SSSR count). The van der Waals surface area contributed by atoms with Crippen LogP contribution < -0.4 is 4.74 Å². The Morgan fingerprint density at radius 3 is 2.14 bits per heavy atom. The van der Waals surface area contributed by atoms with E-state index in [-0.39, 0.29) is 17.4 Å². The Kier molecular flexibility index (Phi) is 6.78. The van der Waals surface area contributed by atoms with Crippen LogP contribution in [-0.2, 0) is 13.0 Å². The number of ether oxygens (including phenoxy) is 1. The van der Waals surface area contributed by atoms with Gasteiger partial charge in [-0.3, -0.25) is 0 Å². The molecule has 4 heteroatoms. The highest BCUT2D eigenvalue weighted by molar-refractivity contribution is 5.41. The van der Waals surface area contributed by atoms with E-state index in [1.165, 1.54) is 51.4 Å². The van der Waals surface area contributed by atoms with E-state index in [4.69, 9.17) is 4.74 Å². The zero-order valence-corrected chi connectivity index (χ0v) is 17.8. The van der Waals surface area contributed by atoms with Crippen molar-refractivity contribution < 1.29 is 18.6 Å². The van der Waals surface area contributed by atoms with Crippen LogP contribution in [-0.4, -0.2) is 11.2 Å². The van der Waals surface area contributed by atoms with Crippen molar-refractivity contribution >= 4 is 0 Å². The molecule has 2 nitrogen and oxygen atoms in total. The summed E-state index contributed by atoms with van der Waals surface area (Å²) >= 11 is 0. The number of halogens is 2. The van der Waals surface area contributed by atoms with Gasteiger partial charge in [0.25, 0.3) is 0 Å². The number of fused-ring (bicyclic) bond motifs is 1. The highest BCUT2D eigenvalue weighted by Crippen LogP contribution is 2.45. The van der Waals surface area contributed by atoms with E-state index < -0.39 is 18.2 Å². The first-order chi connectivity index (χ1) is 14.1. The Bertz CT molecular complexity index is 689. The fourth-order valence-electron chi connectivity index (χ4n) is 6.33. The molecule has 0 spiro atoms. The molecule has 1 N–H and O–H groups in total. The second kappa shape index (κ2) is 9.32. The standard InChI is InChI=1S/C25H36F2O2/c1-2-3-16-4-6-17(7-5-16)18-8-10-19(11-9-18)22-13-12-20-14-21(15-28)23(26)24(27)25(20)29-22/h14,16-19,22,28H,2-13,15H2,1H3. The molecular weight excluding hydrogens is 370 g/mol. The van der Waals surface area contributed by atoms with Gasteiger partial charge >= 0.3 is 0 Å². The third kappa shape index (κ3) is 4.47. The SMILES string of the molecule is CCCC1CCC(C2CCC(C3CCc4cc(CO)c(F)c(F)c4O3)CC2)CC1. The van der Waals surface area contributed by atoms with Crippen molar-refractivity contribution in [2.45, 2.75) is 96.7 Å². The molecule has 1 heterocycles. The first-order valence-electron chi connectivity index (χ1n) is 11.9. The summed E-state index contributed by atoms with van der Waals surface area (Å²) in [5.41, 5.74) is 0.721. The predicted molar refractivity (Wildman–Crippen MR) is 111 cm³/mol. The van der Waals surface area contributed by atoms with Crippen LogP contribution in [0.3, 0.4) is 0 Å². The van der Waals surface area contributed by atoms with Crippen LogP contribution in [0.5, 0.6) is 5.75 Å². The van der Waals surface area contributed by atoms with E-state index in [1.54, 1.807) is 6.07 Å². The van der Waals surface area contributed by atoms with Crippen LogP contribution >= 0.6 is 0 Å². The summed E-state index contributed by atoms with van der Waals surface area (Å²) in [5.74, 6) is 1.38. The molecule has 0 bridgehead atoms. The van der Waals surface area contributed by atoms with E-state index in [2.05, 4.69) is 6.92 Å². The van der Waals surface area contributed by atoms with Crippen molar-refractivity contribution in [3.8, 4) is 5.75 Å². The monoisotopic (exact) mass is 406 g/mol. The minimum Gasteiger partial charge on any atom is -0.487 e. The molecule has 2 saturated carbocycles. The zero-order valence-electron chi connectivity index (χ0n) is 17.8. The summed E-state index contributed by atoms with van der Waals surface area (Å²) in [5, 5.41) is 9.23. The molecule has 1 aromatic rings. The topological polar surface area (TPSA) is 29.5 Å². The summed E-state index contributed by atoms with van der Waals surface area (Å²) in [6.45, 7) is 1.81. The number of aryl methyl sites for hydroxylation is 1. The molecule has 0 amide bonds. The molecular formula is C25H36F2O2. The van der Waals surface area contributed by atoms with E-state index in [9.17, 15) is 13.9 Å². The normalized spacial score (nSPS) is 32.5. The van der Waals surface area contributed by atoms with Crippen molar-refractivity contribution in [1.29, 1.82) is 0 Å². The molecule has 3 aliphatic rings. The lowest BCUT2D eigenvalue weighted by molar-refractivity contribution is 0.0562. The van der Waals surface area contributed by atoms with Gasteiger partial charge in [-0.25, -0.2) is 4.39 Å². The molecule has 1 aliphatic heterocycles. The number of aliphatic hydroxyl groups excluding tert-OH is 1.